The number of likely N-dealkylation sites (tertiary alicyclic amines) is 1. The molecular formula is C18H27N3O3. The van der Waals surface area contributed by atoms with Crippen LogP contribution in [0.3, 0.4) is 0 Å². The van der Waals surface area contributed by atoms with E-state index in [4.69, 9.17) is 10.5 Å². The lowest BCUT2D eigenvalue weighted by atomic mass is 10.0. The quantitative estimate of drug-likeness (QED) is 0.892. The van der Waals surface area contributed by atoms with Gasteiger partial charge in [-0.1, -0.05) is 44.2 Å². The molecule has 2 rings (SSSR count). The van der Waals surface area contributed by atoms with Gasteiger partial charge in [-0.3, -0.25) is 4.79 Å². The van der Waals surface area contributed by atoms with E-state index in [-0.39, 0.29) is 30.6 Å². The highest BCUT2D eigenvalue weighted by Crippen LogP contribution is 2.17. The summed E-state index contributed by atoms with van der Waals surface area (Å²) < 4.78 is 5.34. The standard InChI is InChI=1S/C18H27N3O3/c1-13(2)16(19)17(22)21-10-9-15(11-21)20(3)18(23)24-12-14-7-5-4-6-8-14/h4-8,13,15-16H,9-12,19H2,1-3H3/t15?,16-/m0/s1. The van der Waals surface area contributed by atoms with Gasteiger partial charge >= 0.3 is 6.09 Å². The minimum Gasteiger partial charge on any atom is -0.445 e. The maximum atomic E-state index is 12.3. The number of benzene rings is 1. The fourth-order valence-electron chi connectivity index (χ4n) is 2.72. The third kappa shape index (κ3) is 4.47. The molecule has 1 aliphatic rings. The van der Waals surface area contributed by atoms with E-state index in [2.05, 4.69) is 0 Å². The Kier molecular flexibility index (Phi) is 6.20. The van der Waals surface area contributed by atoms with Crippen LogP contribution in [0.5, 0.6) is 0 Å². The van der Waals surface area contributed by atoms with Crippen molar-refractivity contribution in [3.05, 3.63) is 35.9 Å². The normalized spacial score (nSPS) is 18.5. The predicted molar refractivity (Wildman–Crippen MR) is 92.2 cm³/mol. The molecule has 0 saturated carbocycles. The lowest BCUT2D eigenvalue weighted by molar-refractivity contribution is -0.132. The second-order valence-electron chi connectivity index (χ2n) is 6.65. The van der Waals surface area contributed by atoms with E-state index in [9.17, 15) is 9.59 Å². The highest BCUT2D eigenvalue weighted by molar-refractivity contribution is 5.82. The molecule has 0 spiro atoms. The first kappa shape index (κ1) is 18.3. The average molecular weight is 333 g/mol. The highest BCUT2D eigenvalue weighted by atomic mass is 16.6. The van der Waals surface area contributed by atoms with Crippen molar-refractivity contribution in [2.24, 2.45) is 11.7 Å². The van der Waals surface area contributed by atoms with Crippen molar-refractivity contribution in [2.75, 3.05) is 20.1 Å². The summed E-state index contributed by atoms with van der Waals surface area (Å²) in [5.74, 6) is 0.0590. The lowest BCUT2D eigenvalue weighted by Gasteiger charge is -2.26. The summed E-state index contributed by atoms with van der Waals surface area (Å²) in [4.78, 5) is 27.8. The van der Waals surface area contributed by atoms with Gasteiger partial charge in [0.15, 0.2) is 0 Å². The van der Waals surface area contributed by atoms with E-state index in [0.29, 0.717) is 13.1 Å². The Bertz CT molecular complexity index is 562. The number of hydrogen-bond acceptors (Lipinski definition) is 4. The van der Waals surface area contributed by atoms with Gasteiger partial charge in [-0.05, 0) is 17.9 Å². The minimum absolute atomic E-state index is 0.0309. The predicted octanol–water partition coefficient (Wildman–Crippen LogP) is 1.84. The van der Waals surface area contributed by atoms with Crippen molar-refractivity contribution >= 4 is 12.0 Å². The number of hydrogen-bond donors (Lipinski definition) is 1. The molecule has 24 heavy (non-hydrogen) atoms. The van der Waals surface area contributed by atoms with E-state index in [1.54, 1.807) is 16.8 Å². The second kappa shape index (κ2) is 8.15. The summed E-state index contributed by atoms with van der Waals surface area (Å²) in [5, 5.41) is 0. The lowest BCUT2D eigenvalue weighted by Crippen LogP contribution is -2.47. The number of nitrogens with two attached hydrogens (primary N) is 1. The van der Waals surface area contributed by atoms with Gasteiger partial charge in [0, 0.05) is 20.1 Å². The number of amides is 2. The smallest absolute Gasteiger partial charge is 0.410 e. The van der Waals surface area contributed by atoms with Crippen molar-refractivity contribution in [3.63, 3.8) is 0 Å². The van der Waals surface area contributed by atoms with Crippen molar-refractivity contribution in [1.29, 1.82) is 0 Å². The molecule has 1 aromatic carbocycles. The topological polar surface area (TPSA) is 75.9 Å². The summed E-state index contributed by atoms with van der Waals surface area (Å²) >= 11 is 0. The van der Waals surface area contributed by atoms with E-state index in [0.717, 1.165) is 12.0 Å². The van der Waals surface area contributed by atoms with Gasteiger partial charge in [-0.25, -0.2) is 4.79 Å². The molecule has 1 saturated heterocycles. The summed E-state index contributed by atoms with van der Waals surface area (Å²) in [6.45, 7) is 5.25. The number of rotatable bonds is 5. The number of likely N-dealkylation sites (N-methyl/N-ethyl adjacent to an activating group) is 1. The van der Waals surface area contributed by atoms with Crippen LogP contribution in [-0.4, -0.2) is 54.0 Å². The SMILES string of the molecule is CC(C)[C@H](N)C(=O)N1CCC(N(C)C(=O)OCc2ccccc2)C1. The largest absolute Gasteiger partial charge is 0.445 e. The van der Waals surface area contributed by atoms with Crippen LogP contribution in [0.4, 0.5) is 4.79 Å². The Morgan fingerprint density at radius 1 is 1.33 bits per heavy atom. The monoisotopic (exact) mass is 333 g/mol. The molecule has 2 amide bonds. The molecule has 0 bridgehead atoms. The van der Waals surface area contributed by atoms with Crippen molar-refractivity contribution in [2.45, 2.75) is 39.0 Å². The molecule has 2 atom stereocenters. The Morgan fingerprint density at radius 2 is 2.00 bits per heavy atom. The first-order valence-corrected chi connectivity index (χ1v) is 8.38. The molecule has 0 aromatic heterocycles. The Morgan fingerprint density at radius 3 is 2.62 bits per heavy atom. The molecule has 6 heteroatoms. The van der Waals surface area contributed by atoms with Crippen molar-refractivity contribution < 1.29 is 14.3 Å². The maximum Gasteiger partial charge on any atom is 0.410 e. The molecular weight excluding hydrogens is 306 g/mol. The Labute approximate surface area is 143 Å². The molecule has 1 aromatic rings. The van der Waals surface area contributed by atoms with Crippen LogP contribution >= 0.6 is 0 Å². The molecule has 2 N–H and O–H groups in total. The molecule has 1 aliphatic heterocycles. The molecule has 132 valence electrons. The molecule has 1 unspecified atom stereocenters. The second-order valence-corrected chi connectivity index (χ2v) is 6.65. The Hall–Kier alpha value is -2.08. The van der Waals surface area contributed by atoms with E-state index in [1.165, 1.54) is 0 Å². The van der Waals surface area contributed by atoms with Crippen LogP contribution < -0.4 is 5.73 Å². The minimum atomic E-state index is -0.487. The van der Waals surface area contributed by atoms with Gasteiger partial charge in [0.25, 0.3) is 0 Å². The Balaban J connectivity index is 1.83. The van der Waals surface area contributed by atoms with Crippen molar-refractivity contribution in [1.82, 2.24) is 9.80 Å². The van der Waals surface area contributed by atoms with Crippen LogP contribution in [0.15, 0.2) is 30.3 Å². The number of carbonyl (C=O) groups excluding carboxylic acids is 2. The van der Waals surface area contributed by atoms with Crippen molar-refractivity contribution in [3.8, 4) is 0 Å². The summed E-state index contributed by atoms with van der Waals surface area (Å²) in [7, 11) is 1.72. The fourth-order valence-corrected chi connectivity index (χ4v) is 2.72. The van der Waals surface area contributed by atoms with E-state index in [1.807, 2.05) is 44.2 Å². The third-order valence-electron chi connectivity index (χ3n) is 4.52. The number of nitrogens with zero attached hydrogens (tertiary/aromatic N) is 2. The maximum absolute atomic E-state index is 12.3. The molecule has 1 heterocycles. The van der Waals surface area contributed by atoms with E-state index < -0.39 is 6.04 Å². The summed E-state index contributed by atoms with van der Waals surface area (Å²) in [6.07, 6.45) is 0.374. The average Bonchev–Trinajstić information content (AvgIpc) is 3.08. The van der Waals surface area contributed by atoms with Gasteiger partial charge in [0.1, 0.15) is 6.61 Å². The van der Waals surface area contributed by atoms with Crippen LogP contribution in [0.1, 0.15) is 25.8 Å². The van der Waals surface area contributed by atoms with Gasteiger partial charge in [-0.2, -0.15) is 0 Å². The molecule has 0 aliphatic carbocycles. The van der Waals surface area contributed by atoms with Crippen LogP contribution in [0, 0.1) is 5.92 Å². The van der Waals surface area contributed by atoms with Crippen LogP contribution in [0.2, 0.25) is 0 Å². The van der Waals surface area contributed by atoms with Crippen LogP contribution in [-0.2, 0) is 16.1 Å². The van der Waals surface area contributed by atoms with Gasteiger partial charge < -0.3 is 20.3 Å². The zero-order valence-corrected chi connectivity index (χ0v) is 14.6. The first-order valence-electron chi connectivity index (χ1n) is 8.38. The molecule has 0 radical (unpaired) electrons. The van der Waals surface area contributed by atoms with Gasteiger partial charge in [-0.15, -0.1) is 0 Å². The van der Waals surface area contributed by atoms with Gasteiger partial charge in [0.2, 0.25) is 5.91 Å². The third-order valence-corrected chi connectivity index (χ3v) is 4.52. The summed E-state index contributed by atoms with van der Waals surface area (Å²) in [6, 6.07) is 9.04. The summed E-state index contributed by atoms with van der Waals surface area (Å²) in [5.41, 5.74) is 6.89. The zero-order chi connectivity index (χ0) is 17.7. The highest BCUT2D eigenvalue weighted by Gasteiger charge is 2.34. The van der Waals surface area contributed by atoms with Crippen LogP contribution in [0.25, 0.3) is 0 Å². The fraction of sp³-hybridized carbons (Fsp3) is 0.556. The van der Waals surface area contributed by atoms with Gasteiger partial charge in [0.05, 0.1) is 12.1 Å². The molecule has 6 nitrogen and oxygen atoms in total. The zero-order valence-electron chi connectivity index (χ0n) is 14.6. The molecule has 1 fully saturated rings. The van der Waals surface area contributed by atoms with E-state index >= 15 is 0 Å². The first-order chi connectivity index (χ1) is 11.4. The number of carbonyl (C=O) groups is 2. The number of ether oxygens (including phenoxy) is 1.